The molecule has 2 aromatic heterocycles. The lowest BCUT2D eigenvalue weighted by Gasteiger charge is -2.20. The van der Waals surface area contributed by atoms with E-state index in [0.29, 0.717) is 6.42 Å². The van der Waals surface area contributed by atoms with Gasteiger partial charge >= 0.3 is 6.09 Å². The summed E-state index contributed by atoms with van der Waals surface area (Å²) in [6.07, 6.45) is 1.05. The van der Waals surface area contributed by atoms with Gasteiger partial charge in [-0.1, -0.05) is 41.9 Å². The predicted octanol–water partition coefficient (Wildman–Crippen LogP) is 2.49. The normalized spacial score (nSPS) is 11.2. The van der Waals surface area contributed by atoms with Crippen LogP contribution in [0.5, 0.6) is 0 Å². The van der Waals surface area contributed by atoms with Gasteiger partial charge in [-0.3, -0.25) is 19.8 Å². The number of nitrogens with zero attached hydrogens (tertiary/aromatic N) is 3. The van der Waals surface area contributed by atoms with Crippen molar-refractivity contribution in [1.82, 2.24) is 25.4 Å². The maximum Gasteiger partial charge on any atom is 0.426 e. The molecule has 0 fully saturated rings. The van der Waals surface area contributed by atoms with Gasteiger partial charge in [0.1, 0.15) is 11.2 Å². The number of benzene rings is 2. The van der Waals surface area contributed by atoms with Crippen LogP contribution >= 0.6 is 11.6 Å². The number of anilines is 1. The number of carboxylic acid groups (broad SMARTS) is 1. The molecule has 206 valence electrons. The molecule has 40 heavy (non-hydrogen) atoms. The number of amides is 3. The minimum absolute atomic E-state index is 0.0115. The number of halogens is 1. The number of hydrogen-bond donors (Lipinski definition) is 4. The van der Waals surface area contributed by atoms with Crippen LogP contribution in [0.25, 0.3) is 11.0 Å². The number of aromatic nitrogens is 3. The molecule has 2 heterocycles. The van der Waals surface area contributed by atoms with Gasteiger partial charge in [0.05, 0.1) is 10.7 Å². The quantitative estimate of drug-likeness (QED) is 0.186. The first-order chi connectivity index (χ1) is 18.9. The molecule has 0 spiro atoms. The number of aromatic amines is 1. The van der Waals surface area contributed by atoms with Gasteiger partial charge in [-0.05, 0) is 36.2 Å². The molecule has 0 unspecified atom stereocenters. The molecule has 0 saturated carbocycles. The first-order valence-corrected chi connectivity index (χ1v) is 13.8. The molecular weight excluding hydrogens is 564 g/mol. The Balaban J connectivity index is 1.52. The smallest absolute Gasteiger partial charge is 0.426 e. The van der Waals surface area contributed by atoms with Gasteiger partial charge in [-0.15, -0.1) is 0 Å². The van der Waals surface area contributed by atoms with Gasteiger partial charge in [0.25, 0.3) is 17.4 Å². The van der Waals surface area contributed by atoms with Crippen molar-refractivity contribution in [2.75, 3.05) is 18.1 Å². The highest BCUT2D eigenvalue weighted by molar-refractivity contribution is 7.90. The van der Waals surface area contributed by atoms with E-state index in [1.54, 1.807) is 0 Å². The average molecular weight is 585 g/mol. The van der Waals surface area contributed by atoms with Crippen molar-refractivity contribution >= 4 is 56.1 Å². The fourth-order valence-corrected chi connectivity index (χ4v) is 4.21. The third kappa shape index (κ3) is 6.59. The number of rotatable bonds is 7. The molecule has 0 aliphatic carbocycles. The number of pyridine rings is 1. The predicted molar refractivity (Wildman–Crippen MR) is 145 cm³/mol. The monoisotopic (exact) mass is 584 g/mol. The van der Waals surface area contributed by atoms with Gasteiger partial charge in [0.15, 0.2) is 0 Å². The summed E-state index contributed by atoms with van der Waals surface area (Å²) in [5, 5.41) is 12.5. The van der Waals surface area contributed by atoms with E-state index in [-0.39, 0.29) is 39.4 Å². The fraction of sp³-hybridized carbons (Fsp3) is 0.120. The van der Waals surface area contributed by atoms with E-state index in [4.69, 9.17) is 11.6 Å². The number of hydrazine groups is 1. The topological polar surface area (TPSA) is 192 Å². The molecule has 0 radical (unpaired) electrons. The minimum Gasteiger partial charge on any atom is -0.464 e. The van der Waals surface area contributed by atoms with Gasteiger partial charge < -0.3 is 15.4 Å². The first-order valence-electron chi connectivity index (χ1n) is 11.5. The summed E-state index contributed by atoms with van der Waals surface area (Å²) in [7, 11) is -3.73. The summed E-state index contributed by atoms with van der Waals surface area (Å²) in [6.45, 7) is -0.0115. The molecule has 4 N–H and O–H groups in total. The van der Waals surface area contributed by atoms with Crippen molar-refractivity contribution in [1.29, 1.82) is 0 Å². The first kappa shape index (κ1) is 28.2. The van der Waals surface area contributed by atoms with Crippen molar-refractivity contribution in [2.45, 2.75) is 11.6 Å². The maximum atomic E-state index is 12.9. The highest BCUT2D eigenvalue weighted by Crippen LogP contribution is 2.24. The molecule has 0 bridgehead atoms. The van der Waals surface area contributed by atoms with E-state index in [2.05, 4.69) is 25.7 Å². The minimum atomic E-state index is -3.73. The largest absolute Gasteiger partial charge is 0.464 e. The Morgan fingerprint density at radius 3 is 2.48 bits per heavy atom. The second kappa shape index (κ2) is 11.5. The van der Waals surface area contributed by atoms with Crippen molar-refractivity contribution in [3.05, 3.63) is 92.9 Å². The number of fused-ring (bicyclic) bond motifs is 1. The highest BCUT2D eigenvalue weighted by Gasteiger charge is 2.20. The molecule has 13 nitrogen and oxygen atoms in total. The number of sulfone groups is 1. The van der Waals surface area contributed by atoms with Crippen LogP contribution in [0.3, 0.4) is 0 Å². The SMILES string of the molecule is CS(=O)(=O)c1ncc2cc(C(=O)Nc3cc(C(=O)NN(CCc4ccccc4)C(=O)O)ccc3Cl)c(=O)[nH]c2n1. The highest BCUT2D eigenvalue weighted by atomic mass is 35.5. The summed E-state index contributed by atoms with van der Waals surface area (Å²) in [4.78, 5) is 59.8. The van der Waals surface area contributed by atoms with E-state index in [1.165, 1.54) is 24.3 Å². The van der Waals surface area contributed by atoms with Gasteiger partial charge in [-0.2, -0.15) is 0 Å². The molecule has 4 aromatic rings. The lowest BCUT2D eigenvalue weighted by molar-refractivity contribution is 0.0757. The van der Waals surface area contributed by atoms with E-state index in [0.717, 1.165) is 23.0 Å². The summed E-state index contributed by atoms with van der Waals surface area (Å²) < 4.78 is 23.4. The second-order valence-electron chi connectivity index (χ2n) is 8.50. The zero-order chi connectivity index (χ0) is 29.0. The average Bonchev–Trinajstić information content (AvgIpc) is 2.91. The Morgan fingerprint density at radius 1 is 1.07 bits per heavy atom. The zero-order valence-electron chi connectivity index (χ0n) is 20.7. The Morgan fingerprint density at radius 2 is 1.80 bits per heavy atom. The van der Waals surface area contributed by atoms with Crippen LogP contribution in [0.15, 0.2) is 70.7 Å². The summed E-state index contributed by atoms with van der Waals surface area (Å²) in [5.41, 5.74) is 1.86. The van der Waals surface area contributed by atoms with E-state index in [1.807, 2.05) is 30.3 Å². The molecule has 0 aliphatic rings. The summed E-state index contributed by atoms with van der Waals surface area (Å²) >= 11 is 6.19. The Kier molecular flexibility index (Phi) is 8.11. The van der Waals surface area contributed by atoms with Crippen molar-refractivity contribution in [2.24, 2.45) is 0 Å². The third-order valence-corrected chi connectivity index (χ3v) is 6.75. The summed E-state index contributed by atoms with van der Waals surface area (Å²) in [6, 6.07) is 14.2. The number of carbonyl (C=O) groups is 3. The summed E-state index contributed by atoms with van der Waals surface area (Å²) in [5.74, 6) is -1.66. The lowest BCUT2D eigenvalue weighted by Crippen LogP contribution is -2.46. The Labute approximate surface area is 231 Å². The fourth-order valence-electron chi connectivity index (χ4n) is 3.55. The van der Waals surface area contributed by atoms with Crippen molar-refractivity contribution < 1.29 is 27.9 Å². The van der Waals surface area contributed by atoms with Crippen LogP contribution in [0.4, 0.5) is 10.5 Å². The van der Waals surface area contributed by atoms with E-state index in [9.17, 15) is 32.7 Å². The molecule has 0 saturated heterocycles. The molecule has 3 amide bonds. The third-order valence-electron chi connectivity index (χ3n) is 5.56. The van der Waals surface area contributed by atoms with Gasteiger partial charge in [0.2, 0.25) is 15.0 Å². The standard InChI is InChI=1S/C25H21ClN6O7S/c1-40(38,39)24-27-13-16-11-17(23(35)29-20(16)30-24)22(34)28-19-12-15(7-8-18(19)26)21(33)31-32(25(36)37)10-9-14-5-3-2-4-6-14/h2-8,11-13H,9-10H2,1H3,(H,28,34)(H,31,33)(H,36,37)(H,27,29,30,35). The van der Waals surface area contributed by atoms with Crippen molar-refractivity contribution in [3.63, 3.8) is 0 Å². The number of H-pyrrole nitrogens is 1. The van der Waals surface area contributed by atoms with Crippen LogP contribution in [-0.4, -0.2) is 64.2 Å². The van der Waals surface area contributed by atoms with Crippen LogP contribution < -0.4 is 16.3 Å². The van der Waals surface area contributed by atoms with Gasteiger partial charge in [0, 0.05) is 29.9 Å². The number of nitrogens with one attached hydrogen (secondary N) is 3. The van der Waals surface area contributed by atoms with Gasteiger partial charge in [-0.25, -0.2) is 28.2 Å². The lowest BCUT2D eigenvalue weighted by atomic mass is 10.1. The molecular formula is C25H21ClN6O7S. The number of hydrogen-bond acceptors (Lipinski definition) is 8. The van der Waals surface area contributed by atoms with Crippen LogP contribution in [0.2, 0.25) is 5.02 Å². The Hall–Kier alpha value is -4.82. The zero-order valence-corrected chi connectivity index (χ0v) is 22.3. The molecule has 4 rings (SSSR count). The van der Waals surface area contributed by atoms with E-state index < -0.39 is 38.5 Å². The molecule has 0 aliphatic heterocycles. The number of carbonyl (C=O) groups excluding carboxylic acids is 2. The van der Waals surface area contributed by atoms with Crippen LogP contribution in [0.1, 0.15) is 26.3 Å². The molecule has 15 heteroatoms. The second-order valence-corrected chi connectivity index (χ2v) is 10.8. The molecule has 2 aromatic carbocycles. The van der Waals surface area contributed by atoms with E-state index >= 15 is 0 Å². The van der Waals surface area contributed by atoms with Crippen molar-refractivity contribution in [3.8, 4) is 0 Å². The van der Waals surface area contributed by atoms with Crippen LogP contribution in [0, 0.1) is 0 Å². The van der Waals surface area contributed by atoms with Crippen LogP contribution in [-0.2, 0) is 16.3 Å². The molecule has 0 atom stereocenters. The maximum absolute atomic E-state index is 12.9. The Bertz CT molecular complexity index is 1790.